The molecule has 2 heterocycles. The SMILES string of the molecule is Cc1ccc(-c2n[nH]c(C3CCCNC3)c2Br)cc1. The number of piperidine rings is 1. The predicted octanol–water partition coefficient (Wildman–Crippen LogP) is 3.61. The molecule has 1 atom stereocenters. The molecule has 1 aromatic heterocycles. The number of aromatic amines is 1. The molecular formula is C15H18BrN3. The highest BCUT2D eigenvalue weighted by molar-refractivity contribution is 9.10. The summed E-state index contributed by atoms with van der Waals surface area (Å²) < 4.78 is 1.12. The first-order valence-electron chi connectivity index (χ1n) is 6.77. The van der Waals surface area contributed by atoms with Crippen LogP contribution in [0.15, 0.2) is 28.7 Å². The highest BCUT2D eigenvalue weighted by Gasteiger charge is 2.22. The lowest BCUT2D eigenvalue weighted by Gasteiger charge is -2.21. The van der Waals surface area contributed by atoms with Crippen molar-refractivity contribution in [3.05, 3.63) is 40.0 Å². The van der Waals surface area contributed by atoms with E-state index in [0.717, 1.165) is 28.8 Å². The van der Waals surface area contributed by atoms with Crippen molar-refractivity contribution in [2.75, 3.05) is 13.1 Å². The molecule has 3 nitrogen and oxygen atoms in total. The molecule has 0 bridgehead atoms. The van der Waals surface area contributed by atoms with Crippen LogP contribution in [0, 0.1) is 6.92 Å². The second kappa shape index (κ2) is 5.47. The summed E-state index contributed by atoms with van der Waals surface area (Å²) in [7, 11) is 0. The maximum absolute atomic E-state index is 4.49. The van der Waals surface area contributed by atoms with Gasteiger partial charge in [0, 0.05) is 18.0 Å². The average molecular weight is 320 g/mol. The molecule has 19 heavy (non-hydrogen) atoms. The fourth-order valence-corrected chi connectivity index (χ4v) is 3.34. The van der Waals surface area contributed by atoms with Crippen molar-refractivity contribution < 1.29 is 0 Å². The van der Waals surface area contributed by atoms with Gasteiger partial charge in [0.25, 0.3) is 0 Å². The molecular weight excluding hydrogens is 302 g/mol. The van der Waals surface area contributed by atoms with Crippen molar-refractivity contribution in [2.45, 2.75) is 25.7 Å². The molecule has 0 amide bonds. The van der Waals surface area contributed by atoms with Crippen molar-refractivity contribution in [1.29, 1.82) is 0 Å². The van der Waals surface area contributed by atoms with E-state index in [9.17, 15) is 0 Å². The zero-order valence-corrected chi connectivity index (χ0v) is 12.6. The number of benzene rings is 1. The standard InChI is InChI=1S/C15H18BrN3/c1-10-4-6-11(7-5-10)14-13(16)15(19-18-14)12-3-2-8-17-9-12/h4-7,12,17H,2-3,8-9H2,1H3,(H,18,19). The van der Waals surface area contributed by atoms with Crippen LogP contribution in [0.3, 0.4) is 0 Å². The zero-order chi connectivity index (χ0) is 13.2. The summed E-state index contributed by atoms with van der Waals surface area (Å²) in [5.74, 6) is 0.537. The minimum Gasteiger partial charge on any atom is -0.316 e. The Hall–Kier alpha value is -1.13. The van der Waals surface area contributed by atoms with Crippen LogP contribution < -0.4 is 5.32 Å². The third-order valence-electron chi connectivity index (χ3n) is 3.76. The van der Waals surface area contributed by atoms with Crippen molar-refractivity contribution in [2.24, 2.45) is 0 Å². The van der Waals surface area contributed by atoms with Gasteiger partial charge in [-0.25, -0.2) is 0 Å². The summed E-state index contributed by atoms with van der Waals surface area (Å²) in [6.07, 6.45) is 2.46. The van der Waals surface area contributed by atoms with Crippen LogP contribution in [0.2, 0.25) is 0 Å². The topological polar surface area (TPSA) is 40.7 Å². The molecule has 1 saturated heterocycles. The monoisotopic (exact) mass is 319 g/mol. The molecule has 1 unspecified atom stereocenters. The van der Waals surface area contributed by atoms with E-state index >= 15 is 0 Å². The van der Waals surface area contributed by atoms with E-state index in [1.807, 2.05) is 0 Å². The quantitative estimate of drug-likeness (QED) is 0.887. The van der Waals surface area contributed by atoms with Crippen molar-refractivity contribution in [3.8, 4) is 11.3 Å². The number of hydrogen-bond acceptors (Lipinski definition) is 2. The minimum absolute atomic E-state index is 0.537. The van der Waals surface area contributed by atoms with Crippen LogP contribution in [-0.2, 0) is 0 Å². The Kier molecular flexibility index (Phi) is 3.71. The number of nitrogens with zero attached hydrogens (tertiary/aromatic N) is 1. The summed E-state index contributed by atoms with van der Waals surface area (Å²) in [5.41, 5.74) is 4.67. The molecule has 100 valence electrons. The lowest BCUT2D eigenvalue weighted by Crippen LogP contribution is -2.28. The Labute approximate surface area is 121 Å². The smallest absolute Gasteiger partial charge is 0.107 e. The van der Waals surface area contributed by atoms with Gasteiger partial charge in [-0.15, -0.1) is 0 Å². The van der Waals surface area contributed by atoms with Gasteiger partial charge in [0.2, 0.25) is 0 Å². The molecule has 1 aromatic carbocycles. The first-order valence-corrected chi connectivity index (χ1v) is 7.56. The van der Waals surface area contributed by atoms with Gasteiger partial charge in [-0.2, -0.15) is 5.10 Å². The number of hydrogen-bond donors (Lipinski definition) is 2. The lowest BCUT2D eigenvalue weighted by atomic mass is 9.95. The molecule has 0 saturated carbocycles. The molecule has 3 rings (SSSR count). The normalized spacial score (nSPS) is 19.6. The Morgan fingerprint density at radius 1 is 1.26 bits per heavy atom. The van der Waals surface area contributed by atoms with Gasteiger partial charge >= 0.3 is 0 Å². The number of halogens is 1. The maximum Gasteiger partial charge on any atom is 0.107 e. The van der Waals surface area contributed by atoms with E-state index < -0.39 is 0 Å². The molecule has 0 radical (unpaired) electrons. The van der Waals surface area contributed by atoms with Crippen LogP contribution in [0.4, 0.5) is 0 Å². The average Bonchev–Trinajstić information content (AvgIpc) is 2.83. The number of nitrogens with one attached hydrogen (secondary N) is 2. The predicted molar refractivity (Wildman–Crippen MR) is 81.3 cm³/mol. The Morgan fingerprint density at radius 2 is 2.05 bits per heavy atom. The summed E-state index contributed by atoms with van der Waals surface area (Å²) in [6, 6.07) is 8.49. The van der Waals surface area contributed by atoms with Crippen LogP contribution >= 0.6 is 15.9 Å². The summed E-state index contributed by atoms with van der Waals surface area (Å²) >= 11 is 3.72. The molecule has 1 aliphatic rings. The molecule has 1 aliphatic heterocycles. The van der Waals surface area contributed by atoms with Gasteiger partial charge in [-0.1, -0.05) is 29.8 Å². The van der Waals surface area contributed by atoms with Gasteiger partial charge in [0.05, 0.1) is 10.2 Å². The van der Waals surface area contributed by atoms with Crippen LogP contribution in [-0.4, -0.2) is 23.3 Å². The van der Waals surface area contributed by atoms with Crippen LogP contribution in [0.25, 0.3) is 11.3 Å². The largest absolute Gasteiger partial charge is 0.316 e. The lowest BCUT2D eigenvalue weighted by molar-refractivity contribution is 0.453. The van der Waals surface area contributed by atoms with Gasteiger partial charge in [0.1, 0.15) is 5.69 Å². The van der Waals surface area contributed by atoms with Crippen molar-refractivity contribution >= 4 is 15.9 Å². The Balaban J connectivity index is 1.91. The fraction of sp³-hybridized carbons (Fsp3) is 0.400. The highest BCUT2D eigenvalue weighted by Crippen LogP contribution is 2.34. The van der Waals surface area contributed by atoms with Gasteiger partial charge in [0.15, 0.2) is 0 Å². The van der Waals surface area contributed by atoms with Crippen LogP contribution in [0.1, 0.15) is 30.0 Å². The van der Waals surface area contributed by atoms with E-state index in [1.54, 1.807) is 0 Å². The molecule has 2 N–H and O–H groups in total. The third-order valence-corrected chi connectivity index (χ3v) is 4.57. The number of aromatic nitrogens is 2. The Bertz CT molecular complexity index is 553. The van der Waals surface area contributed by atoms with Crippen molar-refractivity contribution in [3.63, 3.8) is 0 Å². The van der Waals surface area contributed by atoms with E-state index in [2.05, 4.69) is 62.6 Å². The van der Waals surface area contributed by atoms with Gasteiger partial charge in [-0.3, -0.25) is 5.10 Å². The third kappa shape index (κ3) is 2.60. The second-order valence-corrected chi connectivity index (χ2v) is 6.00. The summed E-state index contributed by atoms with van der Waals surface area (Å²) in [4.78, 5) is 0. The maximum atomic E-state index is 4.49. The minimum atomic E-state index is 0.537. The summed E-state index contributed by atoms with van der Waals surface area (Å²) in [5, 5.41) is 11.2. The molecule has 0 spiro atoms. The zero-order valence-electron chi connectivity index (χ0n) is 11.0. The second-order valence-electron chi connectivity index (χ2n) is 5.21. The summed E-state index contributed by atoms with van der Waals surface area (Å²) in [6.45, 7) is 4.27. The number of rotatable bonds is 2. The van der Waals surface area contributed by atoms with E-state index in [0.29, 0.717) is 5.92 Å². The number of H-pyrrole nitrogens is 1. The fourth-order valence-electron chi connectivity index (χ4n) is 2.61. The first-order chi connectivity index (χ1) is 9.25. The molecule has 4 heteroatoms. The van der Waals surface area contributed by atoms with Gasteiger partial charge in [-0.05, 0) is 42.2 Å². The van der Waals surface area contributed by atoms with Gasteiger partial charge < -0.3 is 5.32 Å². The molecule has 2 aromatic rings. The molecule has 1 fully saturated rings. The molecule has 0 aliphatic carbocycles. The van der Waals surface area contributed by atoms with E-state index in [4.69, 9.17) is 0 Å². The highest BCUT2D eigenvalue weighted by atomic mass is 79.9. The van der Waals surface area contributed by atoms with Crippen molar-refractivity contribution in [1.82, 2.24) is 15.5 Å². The first kappa shape index (κ1) is 12.9. The van der Waals surface area contributed by atoms with E-state index in [1.165, 1.54) is 24.1 Å². The Morgan fingerprint density at radius 3 is 2.74 bits per heavy atom. The van der Waals surface area contributed by atoms with E-state index in [-0.39, 0.29) is 0 Å². The number of aryl methyl sites for hydroxylation is 1. The van der Waals surface area contributed by atoms with Crippen LogP contribution in [0.5, 0.6) is 0 Å².